The van der Waals surface area contributed by atoms with Crippen LogP contribution in [-0.4, -0.2) is 55.3 Å². The van der Waals surface area contributed by atoms with Crippen molar-refractivity contribution in [1.29, 1.82) is 0 Å². The number of hydrogen-bond donors (Lipinski definition) is 0. The van der Waals surface area contributed by atoms with Gasteiger partial charge in [-0.3, -0.25) is 14.5 Å². The fourth-order valence-corrected chi connectivity index (χ4v) is 1.35. The van der Waals surface area contributed by atoms with Crippen molar-refractivity contribution in [2.45, 2.75) is 46.6 Å². The summed E-state index contributed by atoms with van der Waals surface area (Å²) in [7, 11) is 1.26. The molecule has 0 aromatic carbocycles. The Morgan fingerprint density at radius 2 is 1.68 bits per heavy atom. The summed E-state index contributed by atoms with van der Waals surface area (Å²) in [4.78, 5) is 36.2. The molecule has 0 saturated carbocycles. The molecule has 0 N–H and O–H groups in total. The van der Waals surface area contributed by atoms with Crippen LogP contribution in [0.15, 0.2) is 0 Å². The first kappa shape index (κ1) is 20.2. The van der Waals surface area contributed by atoms with Gasteiger partial charge in [0.25, 0.3) is 0 Å². The van der Waals surface area contributed by atoms with Crippen molar-refractivity contribution in [3.05, 3.63) is 0 Å². The monoisotopic (exact) mass is 317 g/mol. The van der Waals surface area contributed by atoms with Gasteiger partial charge in [0.05, 0.1) is 20.1 Å². The van der Waals surface area contributed by atoms with Crippen molar-refractivity contribution in [2.75, 3.05) is 26.8 Å². The highest BCUT2D eigenvalue weighted by atomic mass is 16.6. The summed E-state index contributed by atoms with van der Waals surface area (Å²) in [6.45, 7) is 9.03. The molecule has 128 valence electrons. The minimum Gasteiger partial charge on any atom is -0.469 e. The molecule has 7 nitrogen and oxygen atoms in total. The van der Waals surface area contributed by atoms with Crippen LogP contribution in [0, 0.1) is 5.92 Å². The fourth-order valence-electron chi connectivity index (χ4n) is 1.35. The van der Waals surface area contributed by atoms with Gasteiger partial charge in [0.15, 0.2) is 0 Å². The molecule has 1 amide bonds. The van der Waals surface area contributed by atoms with E-state index < -0.39 is 23.6 Å². The van der Waals surface area contributed by atoms with Gasteiger partial charge >= 0.3 is 18.0 Å². The lowest BCUT2D eigenvalue weighted by Crippen LogP contribution is -2.41. The first-order valence-electron chi connectivity index (χ1n) is 7.25. The zero-order valence-electron chi connectivity index (χ0n) is 14.3. The van der Waals surface area contributed by atoms with Gasteiger partial charge in [-0.05, 0) is 26.7 Å². The quantitative estimate of drug-likeness (QED) is 0.527. The summed E-state index contributed by atoms with van der Waals surface area (Å²) < 4.78 is 14.8. The van der Waals surface area contributed by atoms with Gasteiger partial charge in [0.1, 0.15) is 12.1 Å². The van der Waals surface area contributed by atoms with Crippen LogP contribution in [0.3, 0.4) is 0 Å². The summed E-state index contributed by atoms with van der Waals surface area (Å²) in [5.74, 6) is -0.803. The minimum atomic E-state index is -0.692. The van der Waals surface area contributed by atoms with Crippen LogP contribution in [0.4, 0.5) is 4.79 Å². The van der Waals surface area contributed by atoms with E-state index in [1.807, 2.05) is 13.8 Å². The second kappa shape index (κ2) is 9.27. The Balaban J connectivity index is 4.67. The highest BCUT2D eigenvalue weighted by Gasteiger charge is 2.25. The number of hydrogen-bond acceptors (Lipinski definition) is 6. The number of amides is 1. The average Bonchev–Trinajstić information content (AvgIpc) is 2.38. The third-order valence-corrected chi connectivity index (χ3v) is 2.36. The zero-order valence-corrected chi connectivity index (χ0v) is 14.3. The van der Waals surface area contributed by atoms with Crippen LogP contribution < -0.4 is 0 Å². The highest BCUT2D eigenvalue weighted by Crippen LogP contribution is 2.10. The Labute approximate surface area is 131 Å². The predicted octanol–water partition coefficient (Wildman–Crippen LogP) is 1.99. The lowest BCUT2D eigenvalue weighted by Gasteiger charge is -2.26. The van der Waals surface area contributed by atoms with Crippen LogP contribution in [-0.2, 0) is 23.8 Å². The number of ether oxygens (including phenoxy) is 3. The van der Waals surface area contributed by atoms with Crippen molar-refractivity contribution in [2.24, 2.45) is 5.92 Å². The van der Waals surface area contributed by atoms with Gasteiger partial charge in [0.2, 0.25) is 0 Å². The average molecular weight is 317 g/mol. The summed E-state index contributed by atoms with van der Waals surface area (Å²) in [5, 5.41) is 0. The summed E-state index contributed by atoms with van der Waals surface area (Å²) in [5.41, 5.74) is -0.692. The van der Waals surface area contributed by atoms with Crippen molar-refractivity contribution in [3.8, 4) is 0 Å². The molecule has 0 aliphatic rings. The number of rotatable bonds is 7. The number of nitrogens with zero attached hydrogens (tertiary/aromatic N) is 1. The van der Waals surface area contributed by atoms with E-state index in [9.17, 15) is 14.4 Å². The zero-order chi connectivity index (χ0) is 17.3. The van der Waals surface area contributed by atoms with Crippen LogP contribution in [0.2, 0.25) is 0 Å². The fraction of sp³-hybridized carbons (Fsp3) is 0.800. The van der Waals surface area contributed by atoms with E-state index in [0.717, 1.165) is 4.90 Å². The van der Waals surface area contributed by atoms with Gasteiger partial charge in [-0.15, -0.1) is 0 Å². The molecule has 0 fully saturated rings. The first-order chi connectivity index (χ1) is 10.0. The van der Waals surface area contributed by atoms with Crippen molar-refractivity contribution >= 4 is 18.0 Å². The molecule has 0 aliphatic heterocycles. The van der Waals surface area contributed by atoms with Crippen molar-refractivity contribution in [1.82, 2.24) is 4.90 Å². The third-order valence-electron chi connectivity index (χ3n) is 2.36. The van der Waals surface area contributed by atoms with Crippen LogP contribution in [0.5, 0.6) is 0 Å². The standard InChI is InChI=1S/C15H27NO6/c1-11(2)10-21-13(18)9-16(8-7-12(17)20-6)14(19)22-15(3,4)5/h11H,7-10H2,1-6H3. The topological polar surface area (TPSA) is 82.1 Å². The first-order valence-corrected chi connectivity index (χ1v) is 7.25. The highest BCUT2D eigenvalue weighted by molar-refractivity contribution is 5.79. The molecule has 0 radical (unpaired) electrons. The molecule has 22 heavy (non-hydrogen) atoms. The molecule has 0 aromatic heterocycles. The smallest absolute Gasteiger partial charge is 0.410 e. The van der Waals surface area contributed by atoms with Gasteiger partial charge in [-0.1, -0.05) is 13.8 Å². The molecule has 0 atom stereocenters. The Kier molecular flexibility index (Phi) is 8.52. The van der Waals surface area contributed by atoms with Gasteiger partial charge in [0, 0.05) is 6.54 Å². The Hall–Kier alpha value is -1.79. The molecule has 0 aliphatic carbocycles. The summed E-state index contributed by atoms with van der Waals surface area (Å²) in [6.07, 6.45) is -0.689. The van der Waals surface area contributed by atoms with E-state index in [4.69, 9.17) is 9.47 Å². The second-order valence-electron chi connectivity index (χ2n) is 6.30. The molecular weight excluding hydrogens is 290 g/mol. The summed E-state index contributed by atoms with van der Waals surface area (Å²) in [6, 6.07) is 0. The van der Waals surface area contributed by atoms with E-state index in [-0.39, 0.29) is 32.0 Å². The Bertz CT molecular complexity index is 386. The molecular formula is C15H27NO6. The molecule has 0 aromatic rings. The lowest BCUT2D eigenvalue weighted by atomic mass is 10.2. The molecule has 0 bridgehead atoms. The van der Waals surface area contributed by atoms with Crippen LogP contribution in [0.25, 0.3) is 0 Å². The number of carbonyl (C=O) groups is 3. The number of esters is 2. The van der Waals surface area contributed by atoms with E-state index in [1.54, 1.807) is 20.8 Å². The Morgan fingerprint density at radius 3 is 2.14 bits per heavy atom. The SMILES string of the molecule is COC(=O)CCN(CC(=O)OCC(C)C)C(=O)OC(C)(C)C. The van der Waals surface area contributed by atoms with Crippen molar-refractivity contribution < 1.29 is 28.6 Å². The molecule has 0 rings (SSSR count). The maximum atomic E-state index is 12.1. The van der Waals surface area contributed by atoms with Gasteiger partial charge < -0.3 is 14.2 Å². The van der Waals surface area contributed by atoms with E-state index in [1.165, 1.54) is 7.11 Å². The number of carbonyl (C=O) groups excluding carboxylic acids is 3. The molecule has 0 unspecified atom stereocenters. The maximum Gasteiger partial charge on any atom is 0.410 e. The largest absolute Gasteiger partial charge is 0.469 e. The van der Waals surface area contributed by atoms with Gasteiger partial charge in [-0.25, -0.2) is 4.79 Å². The van der Waals surface area contributed by atoms with E-state index in [0.29, 0.717) is 0 Å². The summed E-state index contributed by atoms with van der Waals surface area (Å²) >= 11 is 0. The van der Waals surface area contributed by atoms with Crippen LogP contribution in [0.1, 0.15) is 41.0 Å². The van der Waals surface area contributed by atoms with E-state index >= 15 is 0 Å². The van der Waals surface area contributed by atoms with Crippen LogP contribution >= 0.6 is 0 Å². The molecule has 0 heterocycles. The minimum absolute atomic E-state index is 0.0206. The molecule has 7 heteroatoms. The molecule has 0 saturated heterocycles. The Morgan fingerprint density at radius 1 is 1.09 bits per heavy atom. The normalized spacial score (nSPS) is 11.0. The van der Waals surface area contributed by atoms with E-state index in [2.05, 4.69) is 4.74 Å². The maximum absolute atomic E-state index is 12.1. The lowest BCUT2D eigenvalue weighted by molar-refractivity contribution is -0.147. The number of methoxy groups -OCH3 is 1. The third kappa shape index (κ3) is 10.0. The van der Waals surface area contributed by atoms with Crippen molar-refractivity contribution in [3.63, 3.8) is 0 Å². The second-order valence-corrected chi connectivity index (χ2v) is 6.30. The predicted molar refractivity (Wildman–Crippen MR) is 80.2 cm³/mol. The van der Waals surface area contributed by atoms with Gasteiger partial charge in [-0.2, -0.15) is 0 Å². The molecule has 0 spiro atoms.